The molecule has 70 valence electrons. The third kappa shape index (κ3) is 2.15. The van der Waals surface area contributed by atoms with Crippen molar-refractivity contribution in [3.05, 3.63) is 0 Å². The van der Waals surface area contributed by atoms with E-state index in [4.69, 9.17) is 9.84 Å². The highest BCUT2D eigenvalue weighted by Gasteiger charge is 2.35. The van der Waals surface area contributed by atoms with Gasteiger partial charge in [0.15, 0.2) is 12.4 Å². The zero-order valence-corrected chi connectivity index (χ0v) is 6.70. The molecule has 1 aliphatic heterocycles. The lowest BCUT2D eigenvalue weighted by Gasteiger charge is -2.11. The van der Waals surface area contributed by atoms with Crippen LogP contribution in [0.4, 0.5) is 4.39 Å². The Hall–Kier alpha value is -0.680. The molecule has 1 aliphatic rings. The number of carbonyl (C=O) groups is 1. The average Bonchev–Trinajstić information content (AvgIpc) is 2.31. The van der Waals surface area contributed by atoms with Crippen LogP contribution in [0.3, 0.4) is 0 Å². The summed E-state index contributed by atoms with van der Waals surface area (Å²) in [6, 6.07) is 0. The Bertz CT molecular complexity index is 173. The van der Waals surface area contributed by atoms with Gasteiger partial charge in [-0.15, -0.1) is 0 Å². The van der Waals surface area contributed by atoms with Crippen LogP contribution in [-0.2, 0) is 14.3 Å². The molecule has 0 spiro atoms. The molecule has 0 amide bonds. The average molecular weight is 178 g/mol. The minimum Gasteiger partial charge on any atom is -0.457 e. The van der Waals surface area contributed by atoms with Crippen molar-refractivity contribution in [3.63, 3.8) is 0 Å². The highest BCUT2D eigenvalue weighted by atomic mass is 19.1. The second kappa shape index (κ2) is 3.82. The molecule has 0 radical (unpaired) electrons. The first-order valence-electron chi connectivity index (χ1n) is 3.70. The van der Waals surface area contributed by atoms with E-state index >= 15 is 0 Å². The van der Waals surface area contributed by atoms with Crippen LogP contribution in [-0.4, -0.2) is 36.2 Å². The molecular weight excluding hydrogens is 167 g/mol. The number of hydrogen-bond donors (Lipinski definition) is 1. The van der Waals surface area contributed by atoms with Gasteiger partial charge in [-0.05, 0) is 0 Å². The molecule has 0 aromatic carbocycles. The van der Waals surface area contributed by atoms with E-state index in [1.165, 1.54) is 6.92 Å². The van der Waals surface area contributed by atoms with Crippen molar-refractivity contribution in [1.29, 1.82) is 0 Å². The van der Waals surface area contributed by atoms with E-state index in [9.17, 15) is 9.18 Å². The summed E-state index contributed by atoms with van der Waals surface area (Å²) in [7, 11) is 0. The van der Waals surface area contributed by atoms with Crippen LogP contribution in [0.1, 0.15) is 13.3 Å². The van der Waals surface area contributed by atoms with E-state index in [2.05, 4.69) is 4.74 Å². The Morgan fingerprint density at radius 3 is 2.92 bits per heavy atom. The summed E-state index contributed by atoms with van der Waals surface area (Å²) in [6.45, 7) is 0.560. The number of rotatable bonds is 2. The summed E-state index contributed by atoms with van der Waals surface area (Å²) < 4.78 is 21.4. The summed E-state index contributed by atoms with van der Waals surface area (Å²) >= 11 is 0. The standard InChI is InChI=1S/C7H11FO4/c1-4(9)11-6-2-5(3-8)12-7(6)10/h5-7,10H,2-3H2,1H3/t5-,6+,7+/m0/s1. The fraction of sp³-hybridized carbons (Fsp3) is 0.857. The van der Waals surface area contributed by atoms with Gasteiger partial charge in [0.2, 0.25) is 0 Å². The van der Waals surface area contributed by atoms with Gasteiger partial charge in [-0.1, -0.05) is 0 Å². The maximum absolute atomic E-state index is 12.0. The predicted octanol–water partition coefficient (Wildman–Crippen LogP) is -0.00510. The van der Waals surface area contributed by atoms with Crippen molar-refractivity contribution in [2.75, 3.05) is 6.67 Å². The lowest BCUT2D eigenvalue weighted by atomic mass is 10.2. The number of aliphatic hydroxyl groups excluding tert-OH is 1. The number of halogens is 1. The van der Waals surface area contributed by atoms with Crippen LogP contribution < -0.4 is 0 Å². The molecule has 3 atom stereocenters. The SMILES string of the molecule is CC(=O)O[C@@H]1C[C@@H](CF)O[C@H]1O. The molecule has 0 aliphatic carbocycles. The Kier molecular flexibility index (Phi) is 2.99. The zero-order chi connectivity index (χ0) is 9.14. The monoisotopic (exact) mass is 178 g/mol. The van der Waals surface area contributed by atoms with E-state index in [0.717, 1.165) is 0 Å². The van der Waals surface area contributed by atoms with Crippen molar-refractivity contribution in [3.8, 4) is 0 Å². The summed E-state index contributed by atoms with van der Waals surface area (Å²) in [5, 5.41) is 9.07. The summed E-state index contributed by atoms with van der Waals surface area (Å²) in [5.41, 5.74) is 0. The van der Waals surface area contributed by atoms with Crippen LogP contribution in [0.25, 0.3) is 0 Å². The van der Waals surface area contributed by atoms with E-state index in [1.54, 1.807) is 0 Å². The molecule has 0 bridgehead atoms. The van der Waals surface area contributed by atoms with Gasteiger partial charge in [0.25, 0.3) is 0 Å². The van der Waals surface area contributed by atoms with Crippen molar-refractivity contribution in [2.24, 2.45) is 0 Å². The molecule has 5 heteroatoms. The lowest BCUT2D eigenvalue weighted by Crippen LogP contribution is -2.25. The molecular formula is C7H11FO4. The summed E-state index contributed by atoms with van der Waals surface area (Å²) in [4.78, 5) is 10.5. The molecule has 1 saturated heterocycles. The largest absolute Gasteiger partial charge is 0.457 e. The first-order valence-corrected chi connectivity index (χ1v) is 3.70. The van der Waals surface area contributed by atoms with Gasteiger partial charge in [-0.25, -0.2) is 4.39 Å². The van der Waals surface area contributed by atoms with Crippen molar-refractivity contribution < 1.29 is 23.8 Å². The van der Waals surface area contributed by atoms with Crippen molar-refractivity contribution in [1.82, 2.24) is 0 Å². The second-order valence-electron chi connectivity index (χ2n) is 2.69. The first-order chi connectivity index (χ1) is 5.63. The van der Waals surface area contributed by atoms with Crippen LogP contribution in [0.5, 0.6) is 0 Å². The first kappa shape index (κ1) is 9.41. The van der Waals surface area contributed by atoms with Gasteiger partial charge >= 0.3 is 5.97 Å². The lowest BCUT2D eigenvalue weighted by molar-refractivity contribution is -0.167. The van der Waals surface area contributed by atoms with Crippen LogP contribution >= 0.6 is 0 Å². The van der Waals surface area contributed by atoms with E-state index in [0.29, 0.717) is 0 Å². The fourth-order valence-corrected chi connectivity index (χ4v) is 1.13. The number of alkyl halides is 1. The zero-order valence-electron chi connectivity index (χ0n) is 6.70. The van der Waals surface area contributed by atoms with Crippen LogP contribution in [0.2, 0.25) is 0 Å². The van der Waals surface area contributed by atoms with E-state index in [1.807, 2.05) is 0 Å². The van der Waals surface area contributed by atoms with E-state index in [-0.39, 0.29) is 6.42 Å². The quantitative estimate of drug-likeness (QED) is 0.604. The fourth-order valence-electron chi connectivity index (χ4n) is 1.13. The second-order valence-corrected chi connectivity index (χ2v) is 2.69. The van der Waals surface area contributed by atoms with E-state index < -0.39 is 31.1 Å². The molecule has 1 rings (SSSR count). The Morgan fingerprint density at radius 1 is 1.83 bits per heavy atom. The van der Waals surface area contributed by atoms with Gasteiger partial charge in [0.05, 0.1) is 6.10 Å². The molecule has 1 N–H and O–H groups in total. The molecule has 4 nitrogen and oxygen atoms in total. The Morgan fingerprint density at radius 2 is 2.50 bits per heavy atom. The number of carbonyl (C=O) groups excluding carboxylic acids is 1. The molecule has 1 heterocycles. The maximum atomic E-state index is 12.0. The third-order valence-electron chi connectivity index (χ3n) is 1.63. The molecule has 1 fully saturated rings. The highest BCUT2D eigenvalue weighted by Crippen LogP contribution is 2.21. The minimum atomic E-state index is -1.19. The topological polar surface area (TPSA) is 55.8 Å². The minimum absolute atomic E-state index is 0.219. The molecule has 0 unspecified atom stereocenters. The molecule has 12 heavy (non-hydrogen) atoms. The van der Waals surface area contributed by atoms with Gasteiger partial charge in [-0.3, -0.25) is 4.79 Å². The number of esters is 1. The molecule has 0 aromatic heterocycles. The number of hydrogen-bond acceptors (Lipinski definition) is 4. The number of ether oxygens (including phenoxy) is 2. The Labute approximate surface area is 69.3 Å². The normalized spacial score (nSPS) is 35.1. The van der Waals surface area contributed by atoms with Crippen LogP contribution in [0, 0.1) is 0 Å². The van der Waals surface area contributed by atoms with Crippen molar-refractivity contribution in [2.45, 2.75) is 31.8 Å². The summed E-state index contributed by atoms with van der Waals surface area (Å²) in [6.07, 6.45) is -2.33. The third-order valence-corrected chi connectivity index (χ3v) is 1.63. The number of aliphatic hydroxyl groups is 1. The van der Waals surface area contributed by atoms with Gasteiger partial charge < -0.3 is 14.6 Å². The molecule has 0 saturated carbocycles. The van der Waals surface area contributed by atoms with Gasteiger partial charge in [0.1, 0.15) is 6.67 Å². The highest BCUT2D eigenvalue weighted by molar-refractivity contribution is 5.66. The van der Waals surface area contributed by atoms with Crippen LogP contribution in [0.15, 0.2) is 0 Å². The van der Waals surface area contributed by atoms with Crippen molar-refractivity contribution >= 4 is 5.97 Å². The smallest absolute Gasteiger partial charge is 0.303 e. The molecule has 0 aromatic rings. The Balaban J connectivity index is 2.40. The predicted molar refractivity (Wildman–Crippen MR) is 37.0 cm³/mol. The summed E-state index contributed by atoms with van der Waals surface area (Å²) in [5.74, 6) is -0.498. The maximum Gasteiger partial charge on any atom is 0.303 e. The van der Waals surface area contributed by atoms with Gasteiger partial charge in [-0.2, -0.15) is 0 Å². The van der Waals surface area contributed by atoms with Gasteiger partial charge in [0, 0.05) is 13.3 Å².